The van der Waals surface area contributed by atoms with Gasteiger partial charge in [-0.1, -0.05) is 30.3 Å². The highest BCUT2D eigenvalue weighted by atomic mass is 16.3. The highest BCUT2D eigenvalue weighted by Crippen LogP contribution is 2.31. The molecule has 0 aliphatic rings. The van der Waals surface area contributed by atoms with E-state index in [4.69, 9.17) is 4.42 Å². The third-order valence-corrected chi connectivity index (χ3v) is 3.92. The van der Waals surface area contributed by atoms with Crippen LogP contribution in [0.2, 0.25) is 0 Å². The first-order chi connectivity index (χ1) is 12.3. The van der Waals surface area contributed by atoms with Gasteiger partial charge in [-0.05, 0) is 51.5 Å². The molecule has 5 heteroatoms. The minimum absolute atomic E-state index is 0.100. The fourth-order valence-corrected chi connectivity index (χ4v) is 2.74. The second kappa shape index (κ2) is 6.67. The fourth-order valence-electron chi connectivity index (χ4n) is 2.74. The lowest BCUT2D eigenvalue weighted by atomic mass is 10.1. The van der Waals surface area contributed by atoms with Crippen LogP contribution in [0.15, 0.2) is 52.9 Å². The van der Waals surface area contributed by atoms with Crippen molar-refractivity contribution in [2.24, 2.45) is 0 Å². The summed E-state index contributed by atoms with van der Waals surface area (Å²) in [6.45, 7) is 7.53. The molecule has 0 saturated heterocycles. The van der Waals surface area contributed by atoms with E-state index < -0.39 is 5.54 Å². The predicted molar refractivity (Wildman–Crippen MR) is 103 cm³/mol. The summed E-state index contributed by atoms with van der Waals surface area (Å²) in [5.74, 6) is -0.545. The monoisotopic (exact) mass is 350 g/mol. The summed E-state index contributed by atoms with van der Waals surface area (Å²) in [5.41, 5.74) is 1.92. The molecule has 0 aliphatic carbocycles. The van der Waals surface area contributed by atoms with Crippen molar-refractivity contribution in [1.82, 2.24) is 5.32 Å². The quantitative estimate of drug-likeness (QED) is 0.729. The normalized spacial score (nSPS) is 11.4. The number of furan rings is 1. The SMILES string of the molecule is Cc1ccccc1C(=O)Nc1c(C(=O)NC(C)(C)C)oc2ccccc12. The zero-order valence-electron chi connectivity index (χ0n) is 15.3. The second-order valence-corrected chi connectivity index (χ2v) is 7.28. The van der Waals surface area contributed by atoms with Crippen molar-refractivity contribution in [1.29, 1.82) is 0 Å². The van der Waals surface area contributed by atoms with Gasteiger partial charge in [-0.25, -0.2) is 0 Å². The minimum atomic E-state index is -0.423. The first-order valence-electron chi connectivity index (χ1n) is 8.47. The molecule has 3 aromatic rings. The number of carbonyl (C=O) groups is 2. The van der Waals surface area contributed by atoms with E-state index in [0.717, 1.165) is 5.56 Å². The van der Waals surface area contributed by atoms with Crippen LogP contribution in [0.3, 0.4) is 0 Å². The largest absolute Gasteiger partial charge is 0.449 e. The van der Waals surface area contributed by atoms with Crippen molar-refractivity contribution in [3.63, 3.8) is 0 Å². The van der Waals surface area contributed by atoms with Crippen molar-refractivity contribution in [3.05, 3.63) is 65.4 Å². The molecule has 1 heterocycles. The van der Waals surface area contributed by atoms with Gasteiger partial charge in [0.05, 0.1) is 0 Å². The third kappa shape index (κ3) is 3.61. The Morgan fingerprint density at radius 3 is 2.27 bits per heavy atom. The Bertz CT molecular complexity index is 980. The van der Waals surface area contributed by atoms with Crippen LogP contribution in [-0.2, 0) is 0 Å². The van der Waals surface area contributed by atoms with Crippen LogP contribution in [-0.4, -0.2) is 17.4 Å². The van der Waals surface area contributed by atoms with Crippen LogP contribution in [0, 0.1) is 6.92 Å². The van der Waals surface area contributed by atoms with E-state index in [1.165, 1.54) is 0 Å². The number of hydrogen-bond acceptors (Lipinski definition) is 3. The smallest absolute Gasteiger partial charge is 0.289 e. The van der Waals surface area contributed by atoms with E-state index >= 15 is 0 Å². The summed E-state index contributed by atoms with van der Waals surface area (Å²) in [6.07, 6.45) is 0. The number of benzene rings is 2. The average Bonchev–Trinajstić information content (AvgIpc) is 2.92. The maximum absolute atomic E-state index is 12.8. The van der Waals surface area contributed by atoms with Crippen molar-refractivity contribution < 1.29 is 14.0 Å². The highest BCUT2D eigenvalue weighted by molar-refractivity contribution is 6.14. The van der Waals surface area contributed by atoms with Gasteiger partial charge in [0, 0.05) is 16.5 Å². The first kappa shape index (κ1) is 17.7. The van der Waals surface area contributed by atoms with Crippen LogP contribution >= 0.6 is 0 Å². The maximum Gasteiger partial charge on any atom is 0.289 e. The summed E-state index contributed by atoms with van der Waals surface area (Å²) < 4.78 is 5.75. The van der Waals surface area contributed by atoms with Gasteiger partial charge < -0.3 is 15.1 Å². The number of amides is 2. The fraction of sp³-hybridized carbons (Fsp3) is 0.238. The van der Waals surface area contributed by atoms with Crippen LogP contribution in [0.4, 0.5) is 5.69 Å². The topological polar surface area (TPSA) is 71.3 Å². The van der Waals surface area contributed by atoms with Crippen molar-refractivity contribution in [3.8, 4) is 0 Å². The van der Waals surface area contributed by atoms with Gasteiger partial charge >= 0.3 is 0 Å². The molecule has 26 heavy (non-hydrogen) atoms. The molecular weight excluding hydrogens is 328 g/mol. The predicted octanol–water partition coefficient (Wildman–Crippen LogP) is 4.52. The van der Waals surface area contributed by atoms with Crippen molar-refractivity contribution in [2.45, 2.75) is 33.2 Å². The summed E-state index contributed by atoms with van der Waals surface area (Å²) >= 11 is 0. The summed E-state index contributed by atoms with van der Waals surface area (Å²) in [4.78, 5) is 25.4. The molecule has 0 bridgehead atoms. The Morgan fingerprint density at radius 2 is 1.58 bits per heavy atom. The standard InChI is InChI=1S/C21H22N2O3/c1-13-9-5-6-10-14(13)19(24)22-17-15-11-7-8-12-16(15)26-18(17)20(25)23-21(2,3)4/h5-12H,1-4H3,(H,22,24)(H,23,25). The molecule has 0 atom stereocenters. The van der Waals surface area contributed by atoms with E-state index in [-0.39, 0.29) is 17.6 Å². The van der Waals surface area contributed by atoms with Gasteiger partial charge in [0.2, 0.25) is 5.76 Å². The molecule has 0 spiro atoms. The maximum atomic E-state index is 12.8. The lowest BCUT2D eigenvalue weighted by molar-refractivity contribution is 0.0894. The molecule has 5 nitrogen and oxygen atoms in total. The van der Waals surface area contributed by atoms with Crippen LogP contribution in [0.1, 0.15) is 47.2 Å². The Morgan fingerprint density at radius 1 is 0.923 bits per heavy atom. The van der Waals surface area contributed by atoms with Crippen molar-refractivity contribution in [2.75, 3.05) is 5.32 Å². The number of fused-ring (bicyclic) bond motifs is 1. The van der Waals surface area contributed by atoms with Gasteiger partial charge in [0.15, 0.2) is 0 Å². The van der Waals surface area contributed by atoms with E-state index in [9.17, 15) is 9.59 Å². The van der Waals surface area contributed by atoms with Gasteiger partial charge in [0.1, 0.15) is 11.3 Å². The van der Waals surface area contributed by atoms with E-state index in [2.05, 4.69) is 10.6 Å². The molecule has 2 aromatic carbocycles. The molecule has 0 saturated carbocycles. The molecule has 3 rings (SSSR count). The number of aryl methyl sites for hydroxylation is 1. The van der Waals surface area contributed by atoms with E-state index in [0.29, 0.717) is 22.2 Å². The van der Waals surface area contributed by atoms with E-state index in [1.807, 2.05) is 64.1 Å². The number of hydrogen-bond donors (Lipinski definition) is 2. The van der Waals surface area contributed by atoms with Gasteiger partial charge in [-0.15, -0.1) is 0 Å². The molecule has 0 radical (unpaired) electrons. The molecule has 0 aliphatic heterocycles. The van der Waals surface area contributed by atoms with E-state index in [1.54, 1.807) is 12.1 Å². The summed E-state index contributed by atoms with van der Waals surface area (Å²) in [7, 11) is 0. The Balaban J connectivity index is 2.03. The van der Waals surface area contributed by atoms with Crippen LogP contribution < -0.4 is 10.6 Å². The highest BCUT2D eigenvalue weighted by Gasteiger charge is 2.25. The molecule has 0 unspecified atom stereocenters. The lowest BCUT2D eigenvalue weighted by Gasteiger charge is -2.20. The number of rotatable bonds is 3. The average molecular weight is 350 g/mol. The zero-order valence-corrected chi connectivity index (χ0v) is 15.3. The second-order valence-electron chi connectivity index (χ2n) is 7.28. The van der Waals surface area contributed by atoms with Gasteiger partial charge in [-0.3, -0.25) is 9.59 Å². The van der Waals surface area contributed by atoms with Crippen LogP contribution in [0.5, 0.6) is 0 Å². The molecule has 2 N–H and O–H groups in total. The van der Waals surface area contributed by atoms with Crippen LogP contribution in [0.25, 0.3) is 11.0 Å². The Kier molecular flexibility index (Phi) is 4.55. The number of nitrogens with one attached hydrogen (secondary N) is 2. The lowest BCUT2D eigenvalue weighted by Crippen LogP contribution is -2.40. The summed E-state index contributed by atoms with van der Waals surface area (Å²) in [5, 5.41) is 6.43. The van der Waals surface area contributed by atoms with Crippen molar-refractivity contribution >= 4 is 28.5 Å². The molecule has 134 valence electrons. The molecular formula is C21H22N2O3. The molecule has 0 fully saturated rings. The molecule has 1 aromatic heterocycles. The number of para-hydroxylation sites is 1. The third-order valence-electron chi connectivity index (χ3n) is 3.92. The minimum Gasteiger partial charge on any atom is -0.449 e. The Labute approximate surface area is 152 Å². The summed E-state index contributed by atoms with van der Waals surface area (Å²) in [6, 6.07) is 14.6. The van der Waals surface area contributed by atoms with Gasteiger partial charge in [-0.2, -0.15) is 0 Å². The molecule has 2 amide bonds. The zero-order chi connectivity index (χ0) is 18.9. The number of carbonyl (C=O) groups excluding carboxylic acids is 2. The Hall–Kier alpha value is -3.08. The van der Waals surface area contributed by atoms with Gasteiger partial charge in [0.25, 0.3) is 11.8 Å². The number of anilines is 1. The first-order valence-corrected chi connectivity index (χ1v) is 8.47.